The molecule has 1 aliphatic heterocycles. The highest BCUT2D eigenvalue weighted by Crippen LogP contribution is 2.28. The van der Waals surface area contributed by atoms with Gasteiger partial charge in [0, 0.05) is 56.0 Å². The molecular weight excluding hydrogens is 446 g/mol. The van der Waals surface area contributed by atoms with Crippen LogP contribution >= 0.6 is 0 Å². The van der Waals surface area contributed by atoms with E-state index >= 15 is 0 Å². The van der Waals surface area contributed by atoms with Crippen LogP contribution in [-0.2, 0) is 6.54 Å². The number of nitrogens with one attached hydrogen (secondary N) is 1. The van der Waals surface area contributed by atoms with Crippen molar-refractivity contribution < 1.29 is 14.5 Å². The van der Waals surface area contributed by atoms with Crippen molar-refractivity contribution in [3.05, 3.63) is 99.6 Å². The van der Waals surface area contributed by atoms with Crippen molar-refractivity contribution in [3.8, 4) is 5.75 Å². The van der Waals surface area contributed by atoms with E-state index in [1.165, 1.54) is 18.3 Å². The number of nitrogens with zero attached hydrogens (tertiary/aromatic N) is 4. The van der Waals surface area contributed by atoms with Crippen LogP contribution in [0.25, 0.3) is 0 Å². The molecule has 0 radical (unpaired) electrons. The molecule has 0 bridgehead atoms. The van der Waals surface area contributed by atoms with Crippen LogP contribution in [0, 0.1) is 10.1 Å². The Bertz CT molecular complexity index is 1200. The number of carbonyl (C=O) groups excluding carboxylic acids is 1. The Balaban J connectivity index is 1.27. The Hall–Kier alpha value is -4.24. The van der Waals surface area contributed by atoms with Gasteiger partial charge in [0.25, 0.3) is 11.6 Å². The highest BCUT2D eigenvalue weighted by atomic mass is 16.6. The normalized spacial score (nSPS) is 14.1. The second kappa shape index (κ2) is 11.3. The highest BCUT2D eigenvalue weighted by Gasteiger charge is 2.19. The van der Waals surface area contributed by atoms with Crippen molar-refractivity contribution in [3.63, 3.8) is 0 Å². The van der Waals surface area contributed by atoms with Gasteiger partial charge in [-0.3, -0.25) is 19.8 Å². The van der Waals surface area contributed by atoms with Gasteiger partial charge in [-0.2, -0.15) is 5.10 Å². The fourth-order valence-electron chi connectivity index (χ4n) is 4.01. The van der Waals surface area contributed by atoms with Gasteiger partial charge in [-0.1, -0.05) is 36.4 Å². The number of rotatable bonds is 8. The van der Waals surface area contributed by atoms with Crippen LogP contribution in [-0.4, -0.2) is 55.2 Å². The molecule has 9 heteroatoms. The molecule has 3 aromatic carbocycles. The fraction of sp³-hybridized carbons (Fsp3) is 0.231. The maximum Gasteiger partial charge on any atom is 0.271 e. The molecule has 0 atom stereocenters. The summed E-state index contributed by atoms with van der Waals surface area (Å²) in [5.41, 5.74) is 5.71. The van der Waals surface area contributed by atoms with Gasteiger partial charge >= 0.3 is 0 Å². The quantitative estimate of drug-likeness (QED) is 0.304. The van der Waals surface area contributed by atoms with E-state index < -0.39 is 4.92 Å². The monoisotopic (exact) mass is 473 g/mol. The average Bonchev–Trinajstić information content (AvgIpc) is 2.89. The lowest BCUT2D eigenvalue weighted by atomic mass is 10.1. The number of amides is 1. The van der Waals surface area contributed by atoms with Crippen molar-refractivity contribution in [2.24, 2.45) is 5.10 Å². The summed E-state index contributed by atoms with van der Waals surface area (Å²) >= 11 is 0. The number of nitro benzene ring substituents is 1. The maximum absolute atomic E-state index is 12.4. The third-order valence-electron chi connectivity index (χ3n) is 5.88. The van der Waals surface area contributed by atoms with E-state index in [0.29, 0.717) is 11.1 Å². The van der Waals surface area contributed by atoms with E-state index in [1.54, 1.807) is 31.4 Å². The Labute approximate surface area is 203 Å². The number of hydrazone groups is 1. The number of ether oxygens (including phenoxy) is 1. The van der Waals surface area contributed by atoms with Gasteiger partial charge in [-0.05, 0) is 29.8 Å². The first-order valence-corrected chi connectivity index (χ1v) is 11.3. The molecule has 0 aromatic heterocycles. The standard InChI is InChI=1S/C26H27N5O4/c1-35-25-8-3-2-7-24(25)30-15-13-29(14-16-30)19-20-9-11-22(12-10-20)26(32)28-27-18-21-5-4-6-23(17-21)31(33)34/h2-12,17-18H,13-16,19H2,1H3,(H,28,32)/b27-18+. The van der Waals surface area contributed by atoms with Gasteiger partial charge in [0.1, 0.15) is 5.75 Å². The molecule has 1 saturated heterocycles. The molecule has 35 heavy (non-hydrogen) atoms. The summed E-state index contributed by atoms with van der Waals surface area (Å²) in [6.07, 6.45) is 1.38. The number of benzene rings is 3. The smallest absolute Gasteiger partial charge is 0.271 e. The van der Waals surface area contributed by atoms with Crippen LogP contribution in [0.2, 0.25) is 0 Å². The molecule has 9 nitrogen and oxygen atoms in total. The molecule has 0 saturated carbocycles. The van der Waals surface area contributed by atoms with Crippen LogP contribution < -0.4 is 15.1 Å². The summed E-state index contributed by atoms with van der Waals surface area (Å²) in [4.78, 5) is 27.5. The van der Waals surface area contributed by atoms with Crippen molar-refractivity contribution in [2.75, 3.05) is 38.2 Å². The SMILES string of the molecule is COc1ccccc1N1CCN(Cc2ccc(C(=O)N/N=C/c3cccc([N+](=O)[O-])c3)cc2)CC1. The van der Waals surface area contributed by atoms with Crippen molar-refractivity contribution >= 4 is 23.5 Å². The van der Waals surface area contributed by atoms with Gasteiger partial charge in [0.15, 0.2) is 0 Å². The number of piperazine rings is 1. The number of anilines is 1. The maximum atomic E-state index is 12.4. The minimum absolute atomic E-state index is 0.0305. The lowest BCUT2D eigenvalue weighted by Gasteiger charge is -2.36. The van der Waals surface area contributed by atoms with Gasteiger partial charge in [-0.25, -0.2) is 5.43 Å². The van der Waals surface area contributed by atoms with Crippen LogP contribution in [0.5, 0.6) is 5.75 Å². The third kappa shape index (κ3) is 6.21. The summed E-state index contributed by atoms with van der Waals surface area (Å²) in [6.45, 7) is 4.53. The largest absolute Gasteiger partial charge is 0.495 e. The van der Waals surface area contributed by atoms with E-state index in [9.17, 15) is 14.9 Å². The number of non-ortho nitro benzene ring substituents is 1. The first-order chi connectivity index (χ1) is 17.0. The third-order valence-corrected chi connectivity index (χ3v) is 5.88. The number of para-hydroxylation sites is 2. The average molecular weight is 474 g/mol. The van der Waals surface area contributed by atoms with Crippen molar-refractivity contribution in [2.45, 2.75) is 6.54 Å². The summed E-state index contributed by atoms with van der Waals surface area (Å²) in [5.74, 6) is 0.549. The Morgan fingerprint density at radius 2 is 1.80 bits per heavy atom. The molecule has 4 rings (SSSR count). The molecule has 1 fully saturated rings. The highest BCUT2D eigenvalue weighted by molar-refractivity contribution is 5.94. The Kier molecular flexibility index (Phi) is 7.69. The molecule has 1 aliphatic rings. The van der Waals surface area contributed by atoms with Gasteiger partial charge in [-0.15, -0.1) is 0 Å². The second-order valence-corrected chi connectivity index (χ2v) is 8.18. The predicted octanol–water partition coefficient (Wildman–Crippen LogP) is 3.69. The van der Waals surface area contributed by atoms with E-state index in [2.05, 4.69) is 26.4 Å². The molecule has 3 aromatic rings. The number of carbonyl (C=O) groups is 1. The molecule has 180 valence electrons. The summed E-state index contributed by atoms with van der Waals surface area (Å²) < 4.78 is 5.49. The Morgan fingerprint density at radius 3 is 2.51 bits per heavy atom. The fourth-order valence-corrected chi connectivity index (χ4v) is 4.01. The van der Waals surface area contributed by atoms with E-state index in [1.807, 2.05) is 30.3 Å². The minimum Gasteiger partial charge on any atom is -0.495 e. The Morgan fingerprint density at radius 1 is 1.06 bits per heavy atom. The second-order valence-electron chi connectivity index (χ2n) is 8.18. The molecule has 1 heterocycles. The van der Waals surface area contributed by atoms with Crippen LogP contribution in [0.4, 0.5) is 11.4 Å². The van der Waals surface area contributed by atoms with E-state index in [4.69, 9.17) is 4.74 Å². The summed E-state index contributed by atoms with van der Waals surface area (Å²) in [6, 6.07) is 21.6. The van der Waals surface area contributed by atoms with Crippen molar-refractivity contribution in [1.82, 2.24) is 10.3 Å². The minimum atomic E-state index is -0.474. The predicted molar refractivity (Wildman–Crippen MR) is 135 cm³/mol. The lowest BCUT2D eigenvalue weighted by Crippen LogP contribution is -2.46. The summed E-state index contributed by atoms with van der Waals surface area (Å²) in [7, 11) is 1.70. The molecule has 1 amide bonds. The van der Waals surface area contributed by atoms with E-state index in [-0.39, 0.29) is 11.6 Å². The topological polar surface area (TPSA) is 100 Å². The van der Waals surface area contributed by atoms with Gasteiger partial charge in [0.05, 0.1) is 23.9 Å². The van der Waals surface area contributed by atoms with Crippen LogP contribution in [0.1, 0.15) is 21.5 Å². The first-order valence-electron chi connectivity index (χ1n) is 11.3. The first kappa shape index (κ1) is 23.9. The molecule has 0 unspecified atom stereocenters. The number of methoxy groups -OCH3 is 1. The van der Waals surface area contributed by atoms with E-state index in [0.717, 1.165) is 49.7 Å². The van der Waals surface area contributed by atoms with Gasteiger partial charge in [0.2, 0.25) is 0 Å². The zero-order valence-corrected chi connectivity index (χ0v) is 19.5. The van der Waals surface area contributed by atoms with Crippen molar-refractivity contribution in [1.29, 1.82) is 0 Å². The number of nitro groups is 1. The molecule has 0 aliphatic carbocycles. The van der Waals surface area contributed by atoms with Crippen LogP contribution in [0.3, 0.4) is 0 Å². The van der Waals surface area contributed by atoms with Gasteiger partial charge < -0.3 is 9.64 Å². The molecule has 1 N–H and O–H groups in total. The number of hydrogen-bond acceptors (Lipinski definition) is 7. The zero-order valence-electron chi connectivity index (χ0n) is 19.5. The number of hydrogen-bond donors (Lipinski definition) is 1. The lowest BCUT2D eigenvalue weighted by molar-refractivity contribution is -0.384. The zero-order chi connectivity index (χ0) is 24.6. The summed E-state index contributed by atoms with van der Waals surface area (Å²) in [5, 5.41) is 14.8. The molecular formula is C26H27N5O4. The molecule has 0 spiro atoms. The van der Waals surface area contributed by atoms with Crippen LogP contribution in [0.15, 0.2) is 77.9 Å².